The zero-order chi connectivity index (χ0) is 17.6. The largest absolute Gasteiger partial charge is 0.373 e. The average molecular weight is 362 g/mol. The molecule has 0 aromatic heterocycles. The van der Waals surface area contributed by atoms with Crippen LogP contribution in [0.1, 0.15) is 42.9 Å². The second-order valence-electron chi connectivity index (χ2n) is 6.58. The predicted molar refractivity (Wildman–Crippen MR) is 99.7 cm³/mol. The molecule has 1 aromatic rings. The number of carbonyl (C=O) groups is 2. The van der Waals surface area contributed by atoms with Gasteiger partial charge in [-0.1, -0.05) is 24.3 Å². The molecule has 5 nitrogen and oxygen atoms in total. The molecule has 1 heterocycles. The fourth-order valence-electron chi connectivity index (χ4n) is 3.55. The number of imide groups is 1. The number of hydrogen-bond acceptors (Lipinski definition) is 4. The van der Waals surface area contributed by atoms with E-state index in [0.717, 1.165) is 25.0 Å². The smallest absolute Gasteiger partial charge is 0.324 e. The van der Waals surface area contributed by atoms with Crippen molar-refractivity contribution in [1.82, 2.24) is 10.2 Å². The summed E-state index contributed by atoms with van der Waals surface area (Å²) in [7, 11) is 0. The van der Waals surface area contributed by atoms with Crippen molar-refractivity contribution in [3.05, 3.63) is 35.4 Å². The molecule has 0 saturated carbocycles. The molecule has 0 bridgehead atoms. The van der Waals surface area contributed by atoms with Crippen molar-refractivity contribution < 1.29 is 14.3 Å². The van der Waals surface area contributed by atoms with E-state index in [2.05, 4.69) is 29.6 Å². The number of benzene rings is 1. The van der Waals surface area contributed by atoms with Gasteiger partial charge in [-0.05, 0) is 55.2 Å². The van der Waals surface area contributed by atoms with E-state index in [-0.39, 0.29) is 24.1 Å². The SMILES string of the molecule is CSCC[C@@H]1NC(=O)N(CCCOC2CCCc3ccccc32)C1=O. The average Bonchev–Trinajstić information content (AvgIpc) is 2.90. The third kappa shape index (κ3) is 4.36. The Bertz CT molecular complexity index is 622. The van der Waals surface area contributed by atoms with Crippen molar-refractivity contribution in [3.8, 4) is 0 Å². The highest BCUT2D eigenvalue weighted by atomic mass is 32.2. The van der Waals surface area contributed by atoms with Gasteiger partial charge >= 0.3 is 6.03 Å². The van der Waals surface area contributed by atoms with Crippen molar-refractivity contribution in [1.29, 1.82) is 0 Å². The van der Waals surface area contributed by atoms with Gasteiger partial charge in [0, 0.05) is 13.2 Å². The Kier molecular flexibility index (Phi) is 6.37. The van der Waals surface area contributed by atoms with Crippen LogP contribution in [0.4, 0.5) is 4.79 Å². The molecule has 1 unspecified atom stereocenters. The first kappa shape index (κ1) is 18.3. The molecule has 1 aliphatic carbocycles. The summed E-state index contributed by atoms with van der Waals surface area (Å²) in [5.41, 5.74) is 2.67. The monoisotopic (exact) mass is 362 g/mol. The van der Waals surface area contributed by atoms with Gasteiger partial charge in [0.1, 0.15) is 6.04 Å². The van der Waals surface area contributed by atoms with Crippen LogP contribution in [0.5, 0.6) is 0 Å². The highest BCUT2D eigenvalue weighted by Crippen LogP contribution is 2.32. The fourth-order valence-corrected chi connectivity index (χ4v) is 4.02. The lowest BCUT2D eigenvalue weighted by Crippen LogP contribution is -2.33. The number of fused-ring (bicyclic) bond motifs is 1. The first-order chi connectivity index (χ1) is 12.2. The Labute approximate surface area is 153 Å². The molecule has 0 radical (unpaired) electrons. The lowest BCUT2D eigenvalue weighted by atomic mass is 9.89. The molecule has 1 fully saturated rings. The molecule has 3 amide bonds. The van der Waals surface area contributed by atoms with E-state index < -0.39 is 0 Å². The van der Waals surface area contributed by atoms with E-state index in [1.54, 1.807) is 11.8 Å². The standard InChI is InChI=1S/C19H26N2O3S/c1-25-13-10-16-18(22)21(19(23)20-16)11-5-12-24-17-9-4-7-14-6-2-3-8-15(14)17/h2-3,6,8,16-17H,4-5,7,9-13H2,1H3,(H,20,23)/t16-,17?/m0/s1. The van der Waals surface area contributed by atoms with E-state index in [1.165, 1.54) is 16.0 Å². The van der Waals surface area contributed by atoms with Crippen molar-refractivity contribution in [2.24, 2.45) is 0 Å². The topological polar surface area (TPSA) is 58.6 Å². The zero-order valence-corrected chi connectivity index (χ0v) is 15.5. The Hall–Kier alpha value is -1.53. The molecule has 1 aromatic carbocycles. The maximum absolute atomic E-state index is 12.3. The van der Waals surface area contributed by atoms with Crippen LogP contribution in [0, 0.1) is 0 Å². The van der Waals surface area contributed by atoms with E-state index in [1.807, 2.05) is 6.26 Å². The maximum atomic E-state index is 12.3. The van der Waals surface area contributed by atoms with Crippen LogP contribution < -0.4 is 5.32 Å². The van der Waals surface area contributed by atoms with Gasteiger partial charge in [0.25, 0.3) is 5.91 Å². The fraction of sp³-hybridized carbons (Fsp3) is 0.579. The highest BCUT2D eigenvalue weighted by molar-refractivity contribution is 7.98. The van der Waals surface area contributed by atoms with Crippen LogP contribution in [0.25, 0.3) is 0 Å². The number of rotatable bonds is 8. The van der Waals surface area contributed by atoms with E-state index in [4.69, 9.17) is 4.74 Å². The number of aryl methyl sites for hydroxylation is 1. The number of thioether (sulfide) groups is 1. The Balaban J connectivity index is 1.45. The molecule has 3 rings (SSSR count). The molecule has 6 heteroatoms. The number of nitrogens with one attached hydrogen (secondary N) is 1. The Morgan fingerprint density at radius 3 is 3.00 bits per heavy atom. The van der Waals surface area contributed by atoms with E-state index in [9.17, 15) is 9.59 Å². The zero-order valence-electron chi connectivity index (χ0n) is 14.7. The molecule has 1 saturated heterocycles. The Morgan fingerprint density at radius 1 is 1.32 bits per heavy atom. The molecule has 25 heavy (non-hydrogen) atoms. The van der Waals surface area contributed by atoms with Gasteiger partial charge in [-0.2, -0.15) is 11.8 Å². The van der Waals surface area contributed by atoms with Crippen molar-refractivity contribution in [2.75, 3.05) is 25.2 Å². The van der Waals surface area contributed by atoms with Crippen LogP contribution in [0.2, 0.25) is 0 Å². The summed E-state index contributed by atoms with van der Waals surface area (Å²) >= 11 is 1.68. The van der Waals surface area contributed by atoms with Crippen LogP contribution in [0.15, 0.2) is 24.3 Å². The van der Waals surface area contributed by atoms with Crippen LogP contribution >= 0.6 is 11.8 Å². The van der Waals surface area contributed by atoms with Gasteiger partial charge in [0.2, 0.25) is 0 Å². The summed E-state index contributed by atoms with van der Waals surface area (Å²) in [4.78, 5) is 25.6. The number of carbonyl (C=O) groups excluding carboxylic acids is 2. The number of hydrogen-bond donors (Lipinski definition) is 1. The van der Waals surface area contributed by atoms with Crippen molar-refractivity contribution >= 4 is 23.7 Å². The highest BCUT2D eigenvalue weighted by Gasteiger charge is 2.36. The molecular formula is C19H26N2O3S. The van der Waals surface area contributed by atoms with Gasteiger partial charge in [-0.3, -0.25) is 9.69 Å². The Morgan fingerprint density at radius 2 is 2.16 bits per heavy atom. The number of amides is 3. The van der Waals surface area contributed by atoms with E-state index >= 15 is 0 Å². The molecule has 0 spiro atoms. The lowest BCUT2D eigenvalue weighted by molar-refractivity contribution is -0.127. The third-order valence-corrected chi connectivity index (χ3v) is 5.52. The number of ether oxygens (including phenoxy) is 1. The minimum Gasteiger partial charge on any atom is -0.373 e. The maximum Gasteiger partial charge on any atom is 0.324 e. The van der Waals surface area contributed by atoms with E-state index in [0.29, 0.717) is 26.0 Å². The van der Waals surface area contributed by atoms with Gasteiger partial charge in [-0.25, -0.2) is 4.79 Å². The first-order valence-electron chi connectivity index (χ1n) is 9.01. The predicted octanol–water partition coefficient (Wildman–Crippen LogP) is 3.14. The normalized spacial score (nSPS) is 22.8. The van der Waals surface area contributed by atoms with Gasteiger partial charge < -0.3 is 10.1 Å². The van der Waals surface area contributed by atoms with Crippen molar-refractivity contribution in [3.63, 3.8) is 0 Å². The van der Waals surface area contributed by atoms with Crippen LogP contribution in [-0.4, -0.2) is 48.0 Å². The summed E-state index contributed by atoms with van der Waals surface area (Å²) in [6, 6.07) is 7.83. The van der Waals surface area contributed by atoms with Crippen LogP contribution in [0.3, 0.4) is 0 Å². The van der Waals surface area contributed by atoms with Crippen LogP contribution in [-0.2, 0) is 16.0 Å². The molecule has 2 aliphatic rings. The third-order valence-electron chi connectivity index (χ3n) is 4.88. The lowest BCUT2D eigenvalue weighted by Gasteiger charge is -2.26. The quantitative estimate of drug-likeness (QED) is 0.570. The number of urea groups is 1. The molecule has 1 N–H and O–H groups in total. The molecule has 1 aliphatic heterocycles. The summed E-state index contributed by atoms with van der Waals surface area (Å²) in [5.74, 6) is 0.774. The van der Waals surface area contributed by atoms with Gasteiger partial charge in [0.15, 0.2) is 0 Å². The summed E-state index contributed by atoms with van der Waals surface area (Å²) in [6.45, 7) is 0.986. The second kappa shape index (κ2) is 8.72. The molecule has 2 atom stereocenters. The summed E-state index contributed by atoms with van der Waals surface area (Å²) in [5, 5.41) is 2.78. The minimum atomic E-state index is -0.355. The summed E-state index contributed by atoms with van der Waals surface area (Å²) in [6.07, 6.45) is 6.81. The molecule has 136 valence electrons. The molecular weight excluding hydrogens is 336 g/mol. The summed E-state index contributed by atoms with van der Waals surface area (Å²) < 4.78 is 6.06. The first-order valence-corrected chi connectivity index (χ1v) is 10.4. The van der Waals surface area contributed by atoms with Crippen molar-refractivity contribution in [2.45, 2.75) is 44.2 Å². The van der Waals surface area contributed by atoms with Gasteiger partial charge in [0.05, 0.1) is 6.10 Å². The number of nitrogens with zero attached hydrogens (tertiary/aromatic N) is 1. The van der Waals surface area contributed by atoms with Gasteiger partial charge in [-0.15, -0.1) is 0 Å². The minimum absolute atomic E-state index is 0.0953. The second-order valence-corrected chi connectivity index (χ2v) is 7.56.